The molecule has 4 rings (SSSR count). The Labute approximate surface area is 258 Å². The van der Waals surface area contributed by atoms with Crippen molar-refractivity contribution in [1.29, 1.82) is 0 Å². The van der Waals surface area contributed by atoms with Crippen LogP contribution in [-0.2, 0) is 25.2 Å². The van der Waals surface area contributed by atoms with Crippen LogP contribution in [0.2, 0.25) is 0 Å². The molecule has 1 aromatic heterocycles. The Morgan fingerprint density at radius 2 is 1.67 bits per heavy atom. The maximum atomic E-state index is 13.5. The van der Waals surface area contributed by atoms with Crippen LogP contribution in [0.15, 0.2) is 67.0 Å². The maximum absolute atomic E-state index is 13.5. The van der Waals surface area contributed by atoms with Gasteiger partial charge in [-0.2, -0.15) is 26.3 Å². The number of piperazine rings is 1. The minimum Gasteiger partial charge on any atom is -0.508 e. The van der Waals surface area contributed by atoms with Crippen molar-refractivity contribution in [2.24, 2.45) is 0 Å². The summed E-state index contributed by atoms with van der Waals surface area (Å²) in [6, 6.07) is 9.22. The SMILES string of the molecule is CCc1ccc(C[C@@H]2CN(CC=Cc3cccnc3)CCN2C(=O)c2cc(C(F)(F)F)cc(C(F)(F)F)c2)cc1O.Cl.Cl. The fourth-order valence-electron chi connectivity index (χ4n) is 4.89. The molecule has 3 aromatic rings. The third-order valence-corrected chi connectivity index (χ3v) is 7.02. The Morgan fingerprint density at radius 1 is 1.00 bits per heavy atom. The molecule has 234 valence electrons. The number of pyridine rings is 1. The lowest BCUT2D eigenvalue weighted by atomic mass is 9.98. The van der Waals surface area contributed by atoms with Crippen LogP contribution in [0.5, 0.6) is 5.75 Å². The number of aromatic nitrogens is 1. The Balaban J connectivity index is 0.00000323. The van der Waals surface area contributed by atoms with E-state index in [1.165, 1.54) is 4.90 Å². The van der Waals surface area contributed by atoms with E-state index in [1.54, 1.807) is 36.7 Å². The van der Waals surface area contributed by atoms with Gasteiger partial charge in [0.1, 0.15) is 5.75 Å². The van der Waals surface area contributed by atoms with Crippen molar-refractivity contribution in [1.82, 2.24) is 14.8 Å². The Morgan fingerprint density at radius 3 is 2.23 bits per heavy atom. The van der Waals surface area contributed by atoms with Crippen LogP contribution >= 0.6 is 24.8 Å². The highest BCUT2D eigenvalue weighted by Crippen LogP contribution is 2.37. The molecule has 5 nitrogen and oxygen atoms in total. The van der Waals surface area contributed by atoms with Crippen LogP contribution in [0.1, 0.15) is 45.1 Å². The summed E-state index contributed by atoms with van der Waals surface area (Å²) in [5, 5.41) is 10.3. The molecule has 1 aliphatic heterocycles. The van der Waals surface area contributed by atoms with E-state index < -0.39 is 41.0 Å². The van der Waals surface area contributed by atoms with Crippen LogP contribution in [0, 0.1) is 0 Å². The van der Waals surface area contributed by atoms with E-state index in [0.29, 0.717) is 43.8 Å². The van der Waals surface area contributed by atoms with Gasteiger partial charge < -0.3 is 10.0 Å². The summed E-state index contributed by atoms with van der Waals surface area (Å²) >= 11 is 0. The summed E-state index contributed by atoms with van der Waals surface area (Å²) in [5.41, 5.74) is -1.43. The van der Waals surface area contributed by atoms with Crippen molar-refractivity contribution in [3.8, 4) is 5.75 Å². The van der Waals surface area contributed by atoms with Gasteiger partial charge in [-0.05, 0) is 59.9 Å². The van der Waals surface area contributed by atoms with Gasteiger partial charge in [0, 0.05) is 50.2 Å². The fraction of sp³-hybridized carbons (Fsp3) is 0.333. The molecular weight excluding hydrogens is 619 g/mol. The zero-order chi connectivity index (χ0) is 29.8. The quantitative estimate of drug-likeness (QED) is 0.273. The third kappa shape index (κ3) is 9.35. The number of phenols is 1. The van der Waals surface area contributed by atoms with Gasteiger partial charge in [0.05, 0.1) is 11.1 Å². The number of aromatic hydroxyl groups is 1. The molecule has 0 aliphatic carbocycles. The third-order valence-electron chi connectivity index (χ3n) is 7.02. The standard InChI is InChI=1S/C30H29F6N3O2.2ClH/c1-2-22-8-7-21(14-27(22)40)13-26-19-38(10-4-6-20-5-3-9-37-18-20)11-12-39(26)28(41)23-15-24(29(31,32)33)17-25(16-23)30(34,35)36;;/h3-9,14-18,26,40H,2,10-13,19H2,1H3;2*1H/t26-;;/m1../s1. The number of carbonyl (C=O) groups is 1. The number of benzene rings is 2. The lowest BCUT2D eigenvalue weighted by Gasteiger charge is -2.41. The zero-order valence-electron chi connectivity index (χ0n) is 23.0. The fourth-order valence-corrected chi connectivity index (χ4v) is 4.89. The summed E-state index contributed by atoms with van der Waals surface area (Å²) in [5.74, 6) is -0.825. The highest BCUT2D eigenvalue weighted by Gasteiger charge is 2.39. The minimum atomic E-state index is -5.06. The highest BCUT2D eigenvalue weighted by atomic mass is 35.5. The summed E-state index contributed by atoms with van der Waals surface area (Å²) in [6.07, 6.45) is -2.09. The Bertz CT molecular complexity index is 1370. The number of halogens is 8. The molecule has 1 N–H and O–H groups in total. The molecule has 1 saturated heterocycles. The van der Waals surface area contributed by atoms with Gasteiger partial charge in [0.25, 0.3) is 5.91 Å². The van der Waals surface area contributed by atoms with Gasteiger partial charge in [-0.3, -0.25) is 14.7 Å². The number of phenolic OH excluding ortho intramolecular Hbond substituents is 1. The first-order valence-corrected chi connectivity index (χ1v) is 13.0. The van der Waals surface area contributed by atoms with Crippen LogP contribution in [0.4, 0.5) is 26.3 Å². The summed E-state index contributed by atoms with van der Waals surface area (Å²) < 4.78 is 80.8. The van der Waals surface area contributed by atoms with Gasteiger partial charge in [-0.1, -0.05) is 37.3 Å². The zero-order valence-corrected chi connectivity index (χ0v) is 24.7. The number of nitrogens with zero attached hydrogens (tertiary/aromatic N) is 3. The molecule has 1 aliphatic rings. The van der Waals surface area contributed by atoms with Crippen molar-refractivity contribution < 1.29 is 36.2 Å². The predicted octanol–water partition coefficient (Wildman–Crippen LogP) is 7.31. The molecular formula is C30H31Cl2F6N3O2. The first-order chi connectivity index (χ1) is 19.3. The number of hydrogen-bond donors (Lipinski definition) is 1. The van der Waals surface area contributed by atoms with Crippen molar-refractivity contribution in [2.75, 3.05) is 26.2 Å². The van der Waals surface area contributed by atoms with E-state index in [0.717, 1.165) is 11.1 Å². The van der Waals surface area contributed by atoms with Crippen molar-refractivity contribution in [3.05, 3.63) is 100 Å². The maximum Gasteiger partial charge on any atom is 0.416 e. The second kappa shape index (κ2) is 14.9. The molecule has 0 radical (unpaired) electrons. The van der Waals surface area contributed by atoms with Gasteiger partial charge in [-0.15, -0.1) is 24.8 Å². The predicted molar refractivity (Wildman–Crippen MR) is 157 cm³/mol. The Kier molecular flexibility index (Phi) is 12.5. The van der Waals surface area contributed by atoms with Gasteiger partial charge in [0.15, 0.2) is 0 Å². The second-order valence-corrected chi connectivity index (χ2v) is 9.92. The van der Waals surface area contributed by atoms with E-state index >= 15 is 0 Å². The molecule has 1 fully saturated rings. The number of carbonyl (C=O) groups excluding carboxylic acids is 1. The number of aryl methyl sites for hydroxylation is 1. The lowest BCUT2D eigenvalue weighted by molar-refractivity contribution is -0.143. The molecule has 2 aromatic carbocycles. The molecule has 1 atom stereocenters. The smallest absolute Gasteiger partial charge is 0.416 e. The number of amides is 1. The Hall–Kier alpha value is -3.28. The average Bonchev–Trinajstić information content (AvgIpc) is 2.92. The van der Waals surface area contributed by atoms with Crippen LogP contribution < -0.4 is 0 Å². The number of hydrogen-bond acceptors (Lipinski definition) is 4. The average molecular weight is 650 g/mol. The second-order valence-electron chi connectivity index (χ2n) is 9.92. The summed E-state index contributed by atoms with van der Waals surface area (Å²) in [4.78, 5) is 21.0. The molecule has 43 heavy (non-hydrogen) atoms. The molecule has 0 saturated carbocycles. The first kappa shape index (κ1) is 35.9. The van der Waals surface area contributed by atoms with Crippen molar-refractivity contribution in [2.45, 2.75) is 38.2 Å². The molecule has 2 heterocycles. The van der Waals surface area contributed by atoms with Crippen LogP contribution in [-0.4, -0.2) is 58.0 Å². The summed E-state index contributed by atoms with van der Waals surface area (Å²) in [7, 11) is 0. The normalized spacial score (nSPS) is 16.1. The van der Waals surface area contributed by atoms with Crippen molar-refractivity contribution in [3.63, 3.8) is 0 Å². The van der Waals surface area contributed by atoms with E-state index in [9.17, 15) is 36.2 Å². The molecule has 1 amide bonds. The highest BCUT2D eigenvalue weighted by molar-refractivity contribution is 5.95. The first-order valence-electron chi connectivity index (χ1n) is 13.0. The molecule has 0 spiro atoms. The molecule has 0 bridgehead atoms. The molecule has 13 heteroatoms. The summed E-state index contributed by atoms with van der Waals surface area (Å²) in [6.45, 7) is 3.18. The topological polar surface area (TPSA) is 56.7 Å². The van der Waals surface area contributed by atoms with E-state index in [1.807, 2.05) is 25.1 Å². The van der Waals surface area contributed by atoms with Gasteiger partial charge >= 0.3 is 12.4 Å². The monoisotopic (exact) mass is 649 g/mol. The minimum absolute atomic E-state index is 0. The van der Waals surface area contributed by atoms with Crippen LogP contribution in [0.25, 0.3) is 6.08 Å². The van der Waals surface area contributed by atoms with E-state index in [4.69, 9.17) is 0 Å². The van der Waals surface area contributed by atoms with Crippen molar-refractivity contribution >= 4 is 36.8 Å². The van der Waals surface area contributed by atoms with Gasteiger partial charge in [0.2, 0.25) is 0 Å². The molecule has 0 unspecified atom stereocenters. The van der Waals surface area contributed by atoms with E-state index in [2.05, 4.69) is 9.88 Å². The van der Waals surface area contributed by atoms with Gasteiger partial charge in [-0.25, -0.2) is 0 Å². The number of alkyl halides is 6. The largest absolute Gasteiger partial charge is 0.508 e. The lowest BCUT2D eigenvalue weighted by Crippen LogP contribution is -2.56. The number of rotatable bonds is 7. The van der Waals surface area contributed by atoms with E-state index in [-0.39, 0.29) is 49.6 Å². The van der Waals surface area contributed by atoms with Crippen LogP contribution in [0.3, 0.4) is 0 Å².